The second-order valence-electron chi connectivity index (χ2n) is 5.50. The van der Waals surface area contributed by atoms with Crippen molar-refractivity contribution in [2.75, 3.05) is 7.11 Å². The summed E-state index contributed by atoms with van der Waals surface area (Å²) in [6, 6.07) is 2.18. The van der Waals surface area contributed by atoms with Gasteiger partial charge in [-0.15, -0.1) is 0 Å². The molecule has 0 radical (unpaired) electrons. The van der Waals surface area contributed by atoms with Crippen molar-refractivity contribution in [2.45, 2.75) is 38.0 Å². The molecular formula is C14H19F2NO3S. The standard InChI is InChI=1S/C14H19F2NO3S/c1-14(2,3)21(19)17-12(8-13(18)20-4)10-6-5-9(15)7-11(10)16/h5-7,12,17H,8H2,1-4H3. The zero-order chi connectivity index (χ0) is 16.2. The van der Waals surface area contributed by atoms with E-state index in [-0.39, 0.29) is 12.0 Å². The number of rotatable bonds is 5. The van der Waals surface area contributed by atoms with Gasteiger partial charge in [0.2, 0.25) is 0 Å². The van der Waals surface area contributed by atoms with E-state index in [0.717, 1.165) is 12.1 Å². The summed E-state index contributed by atoms with van der Waals surface area (Å²) in [5, 5.41) is 0. The molecular weight excluding hydrogens is 300 g/mol. The number of carbonyl (C=O) groups excluding carboxylic acids is 1. The highest BCUT2D eigenvalue weighted by Crippen LogP contribution is 2.24. The zero-order valence-corrected chi connectivity index (χ0v) is 13.2. The van der Waals surface area contributed by atoms with Crippen molar-refractivity contribution in [2.24, 2.45) is 0 Å². The van der Waals surface area contributed by atoms with Gasteiger partial charge in [0.1, 0.15) is 11.6 Å². The van der Waals surface area contributed by atoms with Gasteiger partial charge in [0, 0.05) is 11.6 Å². The van der Waals surface area contributed by atoms with Crippen LogP contribution in [-0.4, -0.2) is 22.0 Å². The van der Waals surface area contributed by atoms with Crippen molar-refractivity contribution in [1.29, 1.82) is 0 Å². The van der Waals surface area contributed by atoms with Gasteiger partial charge in [-0.2, -0.15) is 0 Å². The Kier molecular flexibility index (Phi) is 5.98. The lowest BCUT2D eigenvalue weighted by atomic mass is 10.0. The summed E-state index contributed by atoms with van der Waals surface area (Å²) in [7, 11) is -0.309. The number of esters is 1. The van der Waals surface area contributed by atoms with Crippen molar-refractivity contribution in [3.63, 3.8) is 0 Å². The molecule has 0 saturated carbocycles. The van der Waals surface area contributed by atoms with Crippen LogP contribution in [-0.2, 0) is 20.5 Å². The Balaban J connectivity index is 3.07. The number of hydrogen-bond donors (Lipinski definition) is 1. The fourth-order valence-corrected chi connectivity index (χ4v) is 2.38. The molecule has 0 aliphatic carbocycles. The highest BCUT2D eigenvalue weighted by atomic mass is 32.2. The number of benzene rings is 1. The molecule has 0 aliphatic heterocycles. The summed E-state index contributed by atoms with van der Waals surface area (Å²) in [5.41, 5.74) is 0.0689. The van der Waals surface area contributed by atoms with Crippen LogP contribution in [0.25, 0.3) is 0 Å². The molecule has 2 unspecified atom stereocenters. The number of nitrogens with one attached hydrogen (secondary N) is 1. The van der Waals surface area contributed by atoms with Gasteiger partial charge in [-0.25, -0.2) is 17.7 Å². The van der Waals surface area contributed by atoms with Gasteiger partial charge >= 0.3 is 5.97 Å². The minimum Gasteiger partial charge on any atom is -0.469 e. The molecule has 0 fully saturated rings. The van der Waals surface area contributed by atoms with Crippen LogP contribution in [0.4, 0.5) is 8.78 Å². The van der Waals surface area contributed by atoms with Crippen LogP contribution in [0.2, 0.25) is 0 Å². The normalized spacial score (nSPS) is 14.6. The molecule has 0 aromatic heterocycles. The third-order valence-corrected chi connectivity index (χ3v) is 4.35. The van der Waals surface area contributed by atoms with Gasteiger partial charge in [-0.1, -0.05) is 6.07 Å². The van der Waals surface area contributed by atoms with E-state index in [1.807, 2.05) is 0 Å². The number of ether oxygens (including phenoxy) is 1. The molecule has 0 bridgehead atoms. The summed E-state index contributed by atoms with van der Waals surface area (Å²) in [5.74, 6) is -2.10. The maximum atomic E-state index is 13.9. The van der Waals surface area contributed by atoms with E-state index in [0.29, 0.717) is 0 Å². The van der Waals surface area contributed by atoms with Crippen LogP contribution in [0.15, 0.2) is 18.2 Å². The molecule has 0 heterocycles. The number of methoxy groups -OCH3 is 1. The first-order valence-corrected chi connectivity index (χ1v) is 7.50. The van der Waals surface area contributed by atoms with E-state index in [1.54, 1.807) is 20.8 Å². The minimum absolute atomic E-state index is 0.0689. The molecule has 1 N–H and O–H groups in total. The van der Waals surface area contributed by atoms with Gasteiger partial charge in [0.15, 0.2) is 0 Å². The van der Waals surface area contributed by atoms with Crippen molar-refractivity contribution >= 4 is 17.0 Å². The number of halogens is 2. The molecule has 0 aliphatic rings. The van der Waals surface area contributed by atoms with Crippen LogP contribution in [0.1, 0.15) is 38.8 Å². The lowest BCUT2D eigenvalue weighted by molar-refractivity contribution is -0.141. The average molecular weight is 319 g/mol. The quantitative estimate of drug-likeness (QED) is 0.849. The topological polar surface area (TPSA) is 55.4 Å². The van der Waals surface area contributed by atoms with E-state index in [9.17, 15) is 17.8 Å². The highest BCUT2D eigenvalue weighted by molar-refractivity contribution is 7.84. The van der Waals surface area contributed by atoms with Crippen LogP contribution in [0.3, 0.4) is 0 Å². The van der Waals surface area contributed by atoms with Crippen molar-refractivity contribution in [3.8, 4) is 0 Å². The Hall–Kier alpha value is -1.34. The Morgan fingerprint density at radius 2 is 2.00 bits per heavy atom. The molecule has 0 spiro atoms. The largest absolute Gasteiger partial charge is 0.469 e. The second kappa shape index (κ2) is 7.09. The third kappa shape index (κ3) is 5.17. The van der Waals surface area contributed by atoms with Gasteiger partial charge in [-0.3, -0.25) is 4.79 Å². The van der Waals surface area contributed by atoms with Crippen LogP contribution in [0.5, 0.6) is 0 Å². The van der Waals surface area contributed by atoms with E-state index in [4.69, 9.17) is 0 Å². The molecule has 0 amide bonds. The first-order chi connectivity index (χ1) is 9.65. The predicted molar refractivity (Wildman–Crippen MR) is 76.8 cm³/mol. The van der Waals surface area contributed by atoms with Gasteiger partial charge in [0.25, 0.3) is 0 Å². The molecule has 1 aromatic rings. The maximum Gasteiger partial charge on any atom is 0.307 e. The summed E-state index contributed by atoms with van der Waals surface area (Å²) in [6.07, 6.45) is -0.207. The monoisotopic (exact) mass is 319 g/mol. The summed E-state index contributed by atoms with van der Waals surface area (Å²) in [4.78, 5) is 11.4. The van der Waals surface area contributed by atoms with Crippen LogP contribution in [0, 0.1) is 11.6 Å². The van der Waals surface area contributed by atoms with E-state index in [2.05, 4.69) is 9.46 Å². The summed E-state index contributed by atoms with van der Waals surface area (Å²) >= 11 is 0. The van der Waals surface area contributed by atoms with Gasteiger partial charge in [0.05, 0.1) is 35.3 Å². The molecule has 1 aromatic carbocycles. The minimum atomic E-state index is -1.52. The van der Waals surface area contributed by atoms with Crippen molar-refractivity contribution < 1.29 is 22.5 Å². The SMILES string of the molecule is COC(=O)CC(NS(=O)C(C)(C)C)c1ccc(F)cc1F. The van der Waals surface area contributed by atoms with E-state index < -0.39 is 39.4 Å². The third-order valence-electron chi connectivity index (χ3n) is 2.74. The first kappa shape index (κ1) is 17.7. The van der Waals surface area contributed by atoms with Crippen LogP contribution >= 0.6 is 0 Å². The molecule has 2 atom stereocenters. The van der Waals surface area contributed by atoms with Crippen molar-refractivity contribution in [1.82, 2.24) is 4.72 Å². The Morgan fingerprint density at radius 1 is 1.38 bits per heavy atom. The maximum absolute atomic E-state index is 13.9. The summed E-state index contributed by atoms with van der Waals surface area (Å²) < 4.78 is 45.7. The summed E-state index contributed by atoms with van der Waals surface area (Å²) in [6.45, 7) is 5.23. The first-order valence-electron chi connectivity index (χ1n) is 6.35. The Morgan fingerprint density at radius 3 is 2.48 bits per heavy atom. The van der Waals surface area contributed by atoms with Gasteiger partial charge in [-0.05, 0) is 26.8 Å². The molecule has 118 valence electrons. The lowest BCUT2D eigenvalue weighted by Crippen LogP contribution is -2.37. The molecule has 4 nitrogen and oxygen atoms in total. The molecule has 0 saturated heterocycles. The van der Waals surface area contributed by atoms with Crippen molar-refractivity contribution in [3.05, 3.63) is 35.4 Å². The highest BCUT2D eigenvalue weighted by Gasteiger charge is 2.27. The van der Waals surface area contributed by atoms with Gasteiger partial charge < -0.3 is 4.74 Å². The molecule has 7 heteroatoms. The molecule has 1 rings (SSSR count). The predicted octanol–water partition coefficient (Wildman–Crippen LogP) is 2.62. The zero-order valence-electron chi connectivity index (χ0n) is 12.4. The van der Waals surface area contributed by atoms with E-state index in [1.165, 1.54) is 13.2 Å². The van der Waals surface area contributed by atoms with E-state index >= 15 is 0 Å². The number of hydrogen-bond acceptors (Lipinski definition) is 3. The Labute approximate surface area is 125 Å². The van der Waals surface area contributed by atoms with Crippen LogP contribution < -0.4 is 4.72 Å². The number of carbonyl (C=O) groups is 1. The molecule has 21 heavy (non-hydrogen) atoms. The fraction of sp³-hybridized carbons (Fsp3) is 0.500. The Bertz CT molecular complexity index is 544. The second-order valence-corrected chi connectivity index (χ2v) is 7.50. The average Bonchev–Trinajstić information content (AvgIpc) is 2.36. The fourth-order valence-electron chi connectivity index (χ4n) is 1.56. The lowest BCUT2D eigenvalue weighted by Gasteiger charge is -2.24. The smallest absolute Gasteiger partial charge is 0.307 e.